The van der Waals surface area contributed by atoms with Crippen LogP contribution < -0.4 is 0 Å². The molecule has 1 aliphatic rings. The molecule has 1 atom stereocenters. The van der Waals surface area contributed by atoms with Gasteiger partial charge in [0.05, 0.1) is 11.1 Å². The molecule has 4 heteroatoms. The van der Waals surface area contributed by atoms with Crippen LogP contribution in [0.4, 0.5) is 0 Å². The van der Waals surface area contributed by atoms with Gasteiger partial charge >= 0.3 is 0 Å². The van der Waals surface area contributed by atoms with E-state index in [0.717, 1.165) is 31.4 Å². The Morgan fingerprint density at radius 3 is 2.00 bits per heavy atom. The van der Waals surface area contributed by atoms with Crippen LogP contribution in [0.15, 0.2) is 5.16 Å². The van der Waals surface area contributed by atoms with Gasteiger partial charge in [0.15, 0.2) is 0 Å². The van der Waals surface area contributed by atoms with Crippen LogP contribution in [0, 0.1) is 0 Å². The van der Waals surface area contributed by atoms with Crippen molar-refractivity contribution >= 4 is 29.7 Å². The molecule has 0 amide bonds. The molecule has 0 aliphatic heterocycles. The zero-order valence-corrected chi connectivity index (χ0v) is 11.4. The van der Waals surface area contributed by atoms with Gasteiger partial charge in [0.25, 0.3) is 0 Å². The van der Waals surface area contributed by atoms with Crippen LogP contribution in [-0.4, -0.2) is 16.3 Å². The fourth-order valence-electron chi connectivity index (χ4n) is 2.13. The fraction of sp³-hybridized carbons (Fsp3) is 0.917. The van der Waals surface area contributed by atoms with Gasteiger partial charge < -0.3 is 5.21 Å². The van der Waals surface area contributed by atoms with Gasteiger partial charge in [-0.25, -0.2) is 0 Å². The molecule has 0 saturated heterocycles. The third kappa shape index (κ3) is 6.59. The molecule has 1 fully saturated rings. The maximum absolute atomic E-state index is 8.87. The Labute approximate surface area is 110 Å². The summed E-state index contributed by atoms with van der Waals surface area (Å²) in [5, 5.41) is 12.2. The average Bonchev–Trinajstić information content (AvgIpc) is 2.23. The minimum Gasteiger partial charge on any atom is -0.411 e. The first-order valence-electron chi connectivity index (χ1n) is 6.19. The second kappa shape index (κ2) is 10.2. The Hall–Kier alpha value is 0.0500. The lowest BCUT2D eigenvalue weighted by molar-refractivity contribution is 0.315. The van der Waals surface area contributed by atoms with E-state index in [1.165, 1.54) is 38.5 Å². The third-order valence-corrected chi connectivity index (χ3v) is 3.60. The van der Waals surface area contributed by atoms with E-state index in [1.54, 1.807) is 0 Å². The summed E-state index contributed by atoms with van der Waals surface area (Å²) >= 11 is 6.19. The van der Waals surface area contributed by atoms with Gasteiger partial charge in [-0.15, -0.1) is 24.0 Å². The summed E-state index contributed by atoms with van der Waals surface area (Å²) in [6.45, 7) is 0. The Morgan fingerprint density at radius 1 is 0.938 bits per heavy atom. The smallest absolute Gasteiger partial charge is 0.0751 e. The van der Waals surface area contributed by atoms with Crippen molar-refractivity contribution in [3.8, 4) is 0 Å². The van der Waals surface area contributed by atoms with Crippen molar-refractivity contribution in [2.45, 2.75) is 69.6 Å². The molecule has 0 aromatic carbocycles. The lowest BCUT2D eigenvalue weighted by atomic mass is 10.00. The highest BCUT2D eigenvalue weighted by Gasteiger charge is 2.13. The molecule has 0 heterocycles. The normalized spacial score (nSPS) is 27.6. The number of rotatable bonds is 0. The van der Waals surface area contributed by atoms with Crippen LogP contribution in [-0.2, 0) is 0 Å². The van der Waals surface area contributed by atoms with E-state index < -0.39 is 0 Å². The Morgan fingerprint density at radius 2 is 1.44 bits per heavy atom. The van der Waals surface area contributed by atoms with Crippen LogP contribution in [0.5, 0.6) is 0 Å². The second-order valence-electron chi connectivity index (χ2n) is 4.43. The molecule has 0 bridgehead atoms. The van der Waals surface area contributed by atoms with E-state index in [9.17, 15) is 0 Å². The summed E-state index contributed by atoms with van der Waals surface area (Å²) in [4.78, 5) is 0. The van der Waals surface area contributed by atoms with Gasteiger partial charge in [-0.05, 0) is 19.3 Å². The van der Waals surface area contributed by atoms with Crippen molar-refractivity contribution < 1.29 is 5.21 Å². The minimum atomic E-state index is -0.0468. The number of oxime groups is 1. The Kier molecular flexibility index (Phi) is 10.3. The van der Waals surface area contributed by atoms with Crippen LogP contribution >= 0.6 is 24.0 Å². The van der Waals surface area contributed by atoms with Crippen molar-refractivity contribution in [2.75, 3.05) is 0 Å². The monoisotopic (exact) mass is 267 g/mol. The summed E-state index contributed by atoms with van der Waals surface area (Å²) in [6.07, 6.45) is 12.0. The number of hydrogen-bond donors (Lipinski definition) is 1. The third-order valence-electron chi connectivity index (χ3n) is 3.13. The molecule has 1 N–H and O–H groups in total. The van der Waals surface area contributed by atoms with Gasteiger partial charge in [-0.1, -0.05) is 50.1 Å². The highest BCUT2D eigenvalue weighted by molar-refractivity contribution is 6.32. The molecule has 16 heavy (non-hydrogen) atoms. The van der Waals surface area contributed by atoms with E-state index in [0.29, 0.717) is 0 Å². The van der Waals surface area contributed by atoms with Crippen LogP contribution in [0.25, 0.3) is 0 Å². The summed E-state index contributed by atoms with van der Waals surface area (Å²) in [6, 6.07) is 0. The molecule has 2 nitrogen and oxygen atoms in total. The molecule has 96 valence electrons. The molecule has 0 aromatic heterocycles. The Bertz CT molecular complexity index is 197. The summed E-state index contributed by atoms with van der Waals surface area (Å²) in [7, 11) is 0. The van der Waals surface area contributed by atoms with Crippen LogP contribution in [0.3, 0.4) is 0 Å². The number of halogens is 2. The van der Waals surface area contributed by atoms with Crippen LogP contribution in [0.2, 0.25) is 0 Å². The summed E-state index contributed by atoms with van der Waals surface area (Å²) < 4.78 is 0. The maximum atomic E-state index is 8.87. The highest BCUT2D eigenvalue weighted by atomic mass is 35.5. The first-order chi connectivity index (χ1) is 7.34. The van der Waals surface area contributed by atoms with E-state index in [2.05, 4.69) is 5.16 Å². The topological polar surface area (TPSA) is 32.6 Å². The molecule has 0 spiro atoms. The molecular formula is C12H23Cl2NO. The zero-order valence-electron chi connectivity index (χ0n) is 9.83. The van der Waals surface area contributed by atoms with Gasteiger partial charge in [0, 0.05) is 0 Å². The minimum absolute atomic E-state index is 0. The zero-order chi connectivity index (χ0) is 10.9. The van der Waals surface area contributed by atoms with Gasteiger partial charge in [-0.3, -0.25) is 0 Å². The average molecular weight is 268 g/mol. The lowest BCUT2D eigenvalue weighted by Gasteiger charge is -2.12. The SMILES string of the molecule is Cl.O/N=C1\CCCCCCCCCCC1Cl. The van der Waals surface area contributed by atoms with Gasteiger partial charge in [-0.2, -0.15) is 0 Å². The highest BCUT2D eigenvalue weighted by Crippen LogP contribution is 2.18. The first kappa shape index (κ1) is 16.1. The Balaban J connectivity index is 0.00000225. The number of hydrogen-bond acceptors (Lipinski definition) is 2. The van der Waals surface area contributed by atoms with Gasteiger partial charge in [0.1, 0.15) is 0 Å². The van der Waals surface area contributed by atoms with Crippen molar-refractivity contribution in [1.29, 1.82) is 0 Å². The summed E-state index contributed by atoms with van der Waals surface area (Å²) in [5.74, 6) is 0. The molecule has 0 radical (unpaired) electrons. The first-order valence-corrected chi connectivity index (χ1v) is 6.63. The molecule has 1 aliphatic carbocycles. The standard InChI is InChI=1S/C12H22ClNO.ClH/c13-11-9-7-5-3-1-2-4-6-8-10-12(11)14-15;/h11,15H,1-10H2;1H/b14-12+;. The van der Waals surface area contributed by atoms with Gasteiger partial charge in [0.2, 0.25) is 0 Å². The summed E-state index contributed by atoms with van der Waals surface area (Å²) in [5.41, 5.74) is 0.789. The largest absolute Gasteiger partial charge is 0.411 e. The predicted octanol–water partition coefficient (Wildman–Crippen LogP) is 4.76. The second-order valence-corrected chi connectivity index (χ2v) is 4.95. The quantitative estimate of drug-likeness (QED) is 0.383. The molecule has 0 aromatic rings. The number of nitrogens with zero attached hydrogens (tertiary/aromatic N) is 1. The molecular weight excluding hydrogens is 245 g/mol. The van der Waals surface area contributed by atoms with E-state index in [-0.39, 0.29) is 17.8 Å². The van der Waals surface area contributed by atoms with Crippen molar-refractivity contribution in [1.82, 2.24) is 0 Å². The van der Waals surface area contributed by atoms with E-state index in [1.807, 2.05) is 0 Å². The molecule has 1 unspecified atom stereocenters. The predicted molar refractivity (Wildman–Crippen MR) is 72.3 cm³/mol. The fourth-order valence-corrected chi connectivity index (χ4v) is 2.43. The van der Waals surface area contributed by atoms with Crippen molar-refractivity contribution in [3.05, 3.63) is 0 Å². The number of alkyl halides is 1. The van der Waals surface area contributed by atoms with E-state index in [4.69, 9.17) is 16.8 Å². The van der Waals surface area contributed by atoms with E-state index >= 15 is 0 Å². The maximum Gasteiger partial charge on any atom is 0.0751 e. The lowest BCUT2D eigenvalue weighted by Crippen LogP contribution is -2.15. The molecule has 1 saturated carbocycles. The van der Waals surface area contributed by atoms with Crippen molar-refractivity contribution in [2.24, 2.45) is 5.16 Å². The molecule has 1 rings (SSSR count). The van der Waals surface area contributed by atoms with Crippen molar-refractivity contribution in [3.63, 3.8) is 0 Å². The van der Waals surface area contributed by atoms with Crippen LogP contribution in [0.1, 0.15) is 64.2 Å².